The van der Waals surface area contributed by atoms with Gasteiger partial charge in [0.15, 0.2) is 0 Å². The van der Waals surface area contributed by atoms with Crippen LogP contribution in [0.3, 0.4) is 0 Å². The standard InChI is InChI=1S/C13H27N3O3/c1-2-19-10-12(17)9-16-7-3-4-11(8-16)13(18)15-6-5-14/h11-12,17H,2-10,14H2,1H3,(H,15,18). The van der Waals surface area contributed by atoms with Gasteiger partial charge in [0.1, 0.15) is 0 Å². The average molecular weight is 273 g/mol. The highest BCUT2D eigenvalue weighted by Crippen LogP contribution is 2.16. The second-order valence-corrected chi connectivity index (χ2v) is 4.99. The molecule has 0 radical (unpaired) electrons. The van der Waals surface area contributed by atoms with E-state index < -0.39 is 6.10 Å². The van der Waals surface area contributed by atoms with Crippen molar-refractivity contribution in [1.29, 1.82) is 0 Å². The molecule has 1 fully saturated rings. The molecule has 2 unspecified atom stereocenters. The molecule has 19 heavy (non-hydrogen) atoms. The molecule has 2 atom stereocenters. The van der Waals surface area contributed by atoms with Crippen LogP contribution in [0, 0.1) is 5.92 Å². The number of ether oxygens (including phenoxy) is 1. The molecule has 0 aromatic rings. The monoisotopic (exact) mass is 273 g/mol. The molecular weight excluding hydrogens is 246 g/mol. The predicted molar refractivity (Wildman–Crippen MR) is 73.7 cm³/mol. The van der Waals surface area contributed by atoms with E-state index in [1.807, 2.05) is 6.92 Å². The molecule has 1 aliphatic rings. The zero-order valence-electron chi connectivity index (χ0n) is 11.8. The number of rotatable bonds is 8. The number of likely N-dealkylation sites (tertiary alicyclic amines) is 1. The van der Waals surface area contributed by atoms with Gasteiger partial charge < -0.3 is 20.9 Å². The van der Waals surface area contributed by atoms with Crippen molar-refractivity contribution in [3.8, 4) is 0 Å². The Kier molecular flexibility index (Phi) is 7.97. The summed E-state index contributed by atoms with van der Waals surface area (Å²) >= 11 is 0. The molecule has 0 bridgehead atoms. The highest BCUT2D eigenvalue weighted by atomic mass is 16.5. The van der Waals surface area contributed by atoms with Crippen molar-refractivity contribution >= 4 is 5.91 Å². The molecule has 1 amide bonds. The lowest BCUT2D eigenvalue weighted by molar-refractivity contribution is -0.126. The molecular formula is C13H27N3O3. The lowest BCUT2D eigenvalue weighted by Crippen LogP contribution is -2.46. The van der Waals surface area contributed by atoms with E-state index in [9.17, 15) is 9.90 Å². The van der Waals surface area contributed by atoms with Crippen molar-refractivity contribution in [3.05, 3.63) is 0 Å². The van der Waals surface area contributed by atoms with E-state index in [1.165, 1.54) is 0 Å². The summed E-state index contributed by atoms with van der Waals surface area (Å²) in [6.45, 7) is 6.09. The van der Waals surface area contributed by atoms with E-state index in [0.29, 0.717) is 39.4 Å². The number of hydrogen-bond donors (Lipinski definition) is 3. The fourth-order valence-corrected chi connectivity index (χ4v) is 2.38. The third kappa shape index (κ3) is 6.33. The summed E-state index contributed by atoms with van der Waals surface area (Å²) in [5.74, 6) is 0.0917. The molecule has 0 aliphatic carbocycles. The Bertz CT molecular complexity index is 264. The summed E-state index contributed by atoms with van der Waals surface area (Å²) in [4.78, 5) is 14.0. The fraction of sp³-hybridized carbons (Fsp3) is 0.923. The van der Waals surface area contributed by atoms with Gasteiger partial charge in [-0.15, -0.1) is 0 Å². The highest BCUT2D eigenvalue weighted by molar-refractivity contribution is 5.78. The number of nitrogens with two attached hydrogens (primary N) is 1. The van der Waals surface area contributed by atoms with Gasteiger partial charge in [0, 0.05) is 32.8 Å². The number of β-amino-alcohol motifs (C(OH)–C–C–N with tert-alkyl or cyclic N) is 1. The number of carbonyl (C=O) groups is 1. The van der Waals surface area contributed by atoms with Gasteiger partial charge >= 0.3 is 0 Å². The van der Waals surface area contributed by atoms with Gasteiger partial charge in [-0.05, 0) is 26.3 Å². The first-order valence-corrected chi connectivity index (χ1v) is 7.13. The smallest absolute Gasteiger partial charge is 0.224 e. The molecule has 0 aromatic heterocycles. The SMILES string of the molecule is CCOCC(O)CN1CCCC(C(=O)NCCN)C1. The van der Waals surface area contributed by atoms with Crippen LogP contribution in [0.25, 0.3) is 0 Å². The zero-order chi connectivity index (χ0) is 14.1. The molecule has 112 valence electrons. The van der Waals surface area contributed by atoms with Crippen molar-refractivity contribution in [2.24, 2.45) is 11.7 Å². The first-order valence-electron chi connectivity index (χ1n) is 7.13. The first kappa shape index (κ1) is 16.4. The summed E-state index contributed by atoms with van der Waals surface area (Å²) in [5.41, 5.74) is 5.37. The maximum atomic E-state index is 11.9. The predicted octanol–water partition coefficient (Wildman–Crippen LogP) is -0.829. The van der Waals surface area contributed by atoms with E-state index in [2.05, 4.69) is 10.2 Å². The summed E-state index contributed by atoms with van der Waals surface area (Å²) in [6.07, 6.45) is 1.42. The van der Waals surface area contributed by atoms with Gasteiger partial charge in [0.25, 0.3) is 0 Å². The summed E-state index contributed by atoms with van der Waals surface area (Å²) in [7, 11) is 0. The number of amides is 1. The highest BCUT2D eigenvalue weighted by Gasteiger charge is 2.26. The number of hydrogen-bond acceptors (Lipinski definition) is 5. The average Bonchev–Trinajstić information content (AvgIpc) is 2.42. The van der Waals surface area contributed by atoms with Crippen LogP contribution in [-0.2, 0) is 9.53 Å². The van der Waals surface area contributed by atoms with Gasteiger partial charge in [0.05, 0.1) is 18.6 Å². The van der Waals surface area contributed by atoms with Gasteiger partial charge in [0.2, 0.25) is 5.91 Å². The molecule has 0 spiro atoms. The molecule has 1 saturated heterocycles. The minimum Gasteiger partial charge on any atom is -0.389 e. The minimum absolute atomic E-state index is 0.0135. The van der Waals surface area contributed by atoms with Crippen molar-refractivity contribution in [2.45, 2.75) is 25.9 Å². The Morgan fingerprint density at radius 3 is 3.11 bits per heavy atom. The van der Waals surface area contributed by atoms with Crippen LogP contribution in [0.5, 0.6) is 0 Å². The number of nitrogens with one attached hydrogen (secondary N) is 1. The molecule has 1 rings (SSSR count). The Balaban J connectivity index is 2.30. The second-order valence-electron chi connectivity index (χ2n) is 4.99. The molecule has 0 aromatic carbocycles. The normalized spacial score (nSPS) is 22.2. The van der Waals surface area contributed by atoms with Crippen LogP contribution in [0.1, 0.15) is 19.8 Å². The number of aliphatic hydroxyl groups excluding tert-OH is 1. The lowest BCUT2D eigenvalue weighted by atomic mass is 9.97. The van der Waals surface area contributed by atoms with Gasteiger partial charge in [-0.3, -0.25) is 9.69 Å². The molecule has 6 heteroatoms. The Morgan fingerprint density at radius 1 is 1.63 bits per heavy atom. The van der Waals surface area contributed by atoms with Crippen molar-refractivity contribution in [2.75, 3.05) is 45.9 Å². The summed E-state index contributed by atoms with van der Waals surface area (Å²) < 4.78 is 5.19. The van der Waals surface area contributed by atoms with Crippen molar-refractivity contribution in [1.82, 2.24) is 10.2 Å². The Hall–Kier alpha value is -0.690. The van der Waals surface area contributed by atoms with E-state index in [1.54, 1.807) is 0 Å². The topological polar surface area (TPSA) is 87.8 Å². The van der Waals surface area contributed by atoms with Crippen molar-refractivity contribution < 1.29 is 14.6 Å². The lowest BCUT2D eigenvalue weighted by Gasteiger charge is -2.33. The molecule has 1 heterocycles. The van der Waals surface area contributed by atoms with Gasteiger partial charge in [-0.25, -0.2) is 0 Å². The fourth-order valence-electron chi connectivity index (χ4n) is 2.38. The third-order valence-electron chi connectivity index (χ3n) is 3.30. The van der Waals surface area contributed by atoms with Crippen LogP contribution in [-0.4, -0.2) is 68.0 Å². The van der Waals surface area contributed by atoms with Crippen molar-refractivity contribution in [3.63, 3.8) is 0 Å². The maximum Gasteiger partial charge on any atom is 0.224 e. The minimum atomic E-state index is -0.481. The number of piperidine rings is 1. The third-order valence-corrected chi connectivity index (χ3v) is 3.30. The first-order chi connectivity index (χ1) is 9.17. The van der Waals surface area contributed by atoms with E-state index >= 15 is 0 Å². The number of aliphatic hydroxyl groups is 1. The summed E-state index contributed by atoms with van der Waals surface area (Å²) in [6, 6.07) is 0. The van der Waals surface area contributed by atoms with Crippen LogP contribution >= 0.6 is 0 Å². The molecule has 4 N–H and O–H groups in total. The molecule has 0 saturated carbocycles. The summed E-state index contributed by atoms with van der Waals surface area (Å²) in [5, 5.41) is 12.6. The maximum absolute atomic E-state index is 11.9. The number of nitrogens with zero attached hydrogens (tertiary/aromatic N) is 1. The van der Waals surface area contributed by atoms with Crippen LogP contribution in [0.2, 0.25) is 0 Å². The molecule has 1 aliphatic heterocycles. The Morgan fingerprint density at radius 2 is 2.42 bits per heavy atom. The van der Waals surface area contributed by atoms with E-state index in [-0.39, 0.29) is 11.8 Å². The van der Waals surface area contributed by atoms with Crippen LogP contribution in [0.4, 0.5) is 0 Å². The zero-order valence-corrected chi connectivity index (χ0v) is 11.8. The molecule has 6 nitrogen and oxygen atoms in total. The van der Waals surface area contributed by atoms with E-state index in [4.69, 9.17) is 10.5 Å². The quantitative estimate of drug-likeness (QED) is 0.537. The van der Waals surface area contributed by atoms with Gasteiger partial charge in [-0.1, -0.05) is 0 Å². The van der Waals surface area contributed by atoms with Gasteiger partial charge in [-0.2, -0.15) is 0 Å². The largest absolute Gasteiger partial charge is 0.389 e. The second kappa shape index (κ2) is 9.25. The van der Waals surface area contributed by atoms with E-state index in [0.717, 1.165) is 19.4 Å². The van der Waals surface area contributed by atoms with Crippen LogP contribution in [0.15, 0.2) is 0 Å². The Labute approximate surface area is 115 Å². The van der Waals surface area contributed by atoms with Crippen LogP contribution < -0.4 is 11.1 Å². The number of carbonyl (C=O) groups excluding carboxylic acids is 1.